The van der Waals surface area contributed by atoms with Crippen molar-refractivity contribution < 1.29 is 4.79 Å². The summed E-state index contributed by atoms with van der Waals surface area (Å²) in [6.45, 7) is 2.93. The lowest BCUT2D eigenvalue weighted by Gasteiger charge is -2.35. The summed E-state index contributed by atoms with van der Waals surface area (Å²) in [4.78, 5) is 20.8. The zero-order chi connectivity index (χ0) is 17.2. The number of rotatable bonds is 2. The monoisotopic (exact) mass is 401 g/mol. The van der Waals surface area contributed by atoms with Crippen LogP contribution in [0.4, 0.5) is 5.82 Å². The molecule has 0 atom stereocenters. The SMILES string of the molecule is O=C(c1cncc(Br)c1)N1CCN(c2cc3c(nn2)CCCC3)CC1. The molecule has 1 saturated heterocycles. The summed E-state index contributed by atoms with van der Waals surface area (Å²) in [6.07, 6.45) is 7.91. The molecule has 3 heterocycles. The van der Waals surface area contributed by atoms with Crippen molar-refractivity contribution in [1.29, 1.82) is 0 Å². The fraction of sp³-hybridized carbons (Fsp3) is 0.444. The number of carbonyl (C=O) groups excluding carboxylic acids is 1. The summed E-state index contributed by atoms with van der Waals surface area (Å²) in [6, 6.07) is 4.01. The molecule has 0 bridgehead atoms. The summed E-state index contributed by atoms with van der Waals surface area (Å²) < 4.78 is 0.821. The fourth-order valence-electron chi connectivity index (χ4n) is 3.48. The highest BCUT2D eigenvalue weighted by atomic mass is 79.9. The van der Waals surface area contributed by atoms with Crippen molar-refractivity contribution >= 4 is 27.7 Å². The summed E-state index contributed by atoms with van der Waals surface area (Å²) in [5.41, 5.74) is 3.12. The predicted octanol–water partition coefficient (Wildman–Crippen LogP) is 2.48. The van der Waals surface area contributed by atoms with Crippen LogP contribution in [0.15, 0.2) is 29.0 Å². The maximum Gasteiger partial charge on any atom is 0.255 e. The van der Waals surface area contributed by atoms with E-state index in [1.54, 1.807) is 12.4 Å². The maximum absolute atomic E-state index is 12.6. The van der Waals surface area contributed by atoms with Gasteiger partial charge in [-0.05, 0) is 59.3 Å². The number of fused-ring (bicyclic) bond motifs is 1. The molecule has 6 nitrogen and oxygen atoms in total. The zero-order valence-corrected chi connectivity index (χ0v) is 15.6. The Hall–Kier alpha value is -2.02. The molecule has 1 amide bonds. The molecule has 0 N–H and O–H groups in total. The number of piperazine rings is 1. The normalized spacial score (nSPS) is 17.3. The van der Waals surface area contributed by atoms with Crippen LogP contribution in [0.1, 0.15) is 34.5 Å². The molecule has 130 valence electrons. The topological polar surface area (TPSA) is 62.2 Å². The van der Waals surface area contributed by atoms with Crippen molar-refractivity contribution in [3.63, 3.8) is 0 Å². The average Bonchev–Trinajstić information content (AvgIpc) is 2.67. The lowest BCUT2D eigenvalue weighted by atomic mass is 9.97. The van der Waals surface area contributed by atoms with Gasteiger partial charge in [0, 0.05) is 43.0 Å². The fourth-order valence-corrected chi connectivity index (χ4v) is 3.85. The molecule has 1 fully saturated rings. The molecule has 0 aromatic carbocycles. The molecule has 2 aliphatic rings. The van der Waals surface area contributed by atoms with Gasteiger partial charge in [-0.25, -0.2) is 0 Å². The molecule has 2 aromatic rings. The first kappa shape index (κ1) is 16.4. The third kappa shape index (κ3) is 3.51. The first-order chi connectivity index (χ1) is 12.2. The van der Waals surface area contributed by atoms with Gasteiger partial charge in [0.05, 0.1) is 11.3 Å². The van der Waals surface area contributed by atoms with Crippen LogP contribution in [-0.4, -0.2) is 52.2 Å². The van der Waals surface area contributed by atoms with Gasteiger partial charge in [0.25, 0.3) is 5.91 Å². The number of aromatic nitrogens is 3. The summed E-state index contributed by atoms with van der Waals surface area (Å²) >= 11 is 3.37. The summed E-state index contributed by atoms with van der Waals surface area (Å²) in [7, 11) is 0. The summed E-state index contributed by atoms with van der Waals surface area (Å²) in [5, 5.41) is 8.83. The molecule has 1 aliphatic heterocycles. The van der Waals surface area contributed by atoms with E-state index in [1.165, 1.54) is 18.4 Å². The maximum atomic E-state index is 12.6. The first-order valence-corrected chi connectivity index (χ1v) is 9.50. The van der Waals surface area contributed by atoms with Gasteiger partial charge in [-0.3, -0.25) is 9.78 Å². The molecule has 4 rings (SSSR count). The minimum absolute atomic E-state index is 0.0324. The van der Waals surface area contributed by atoms with Crippen LogP contribution in [0.5, 0.6) is 0 Å². The molecular formula is C18H20BrN5O. The van der Waals surface area contributed by atoms with E-state index >= 15 is 0 Å². The number of anilines is 1. The van der Waals surface area contributed by atoms with Gasteiger partial charge < -0.3 is 9.80 Å². The van der Waals surface area contributed by atoms with Gasteiger partial charge in [-0.2, -0.15) is 5.10 Å². The van der Waals surface area contributed by atoms with Crippen molar-refractivity contribution in [1.82, 2.24) is 20.1 Å². The standard InChI is InChI=1S/C18H20BrN5O/c19-15-9-14(11-20-12-15)18(25)24-7-5-23(6-8-24)17-10-13-3-1-2-4-16(13)21-22-17/h9-12H,1-8H2. The molecule has 25 heavy (non-hydrogen) atoms. The average molecular weight is 402 g/mol. The van der Waals surface area contributed by atoms with E-state index in [1.807, 2.05) is 11.0 Å². The lowest BCUT2D eigenvalue weighted by molar-refractivity contribution is 0.0746. The highest BCUT2D eigenvalue weighted by Crippen LogP contribution is 2.23. The predicted molar refractivity (Wildman–Crippen MR) is 98.7 cm³/mol. The molecule has 0 saturated carbocycles. The van der Waals surface area contributed by atoms with E-state index in [-0.39, 0.29) is 5.91 Å². The Balaban J connectivity index is 1.42. The minimum atomic E-state index is 0.0324. The van der Waals surface area contributed by atoms with Gasteiger partial charge in [0.2, 0.25) is 0 Å². The second kappa shape index (κ2) is 7.07. The van der Waals surface area contributed by atoms with Gasteiger partial charge in [-0.1, -0.05) is 0 Å². The quantitative estimate of drug-likeness (QED) is 0.773. The van der Waals surface area contributed by atoms with Crippen LogP contribution in [0.25, 0.3) is 0 Å². The lowest BCUT2D eigenvalue weighted by Crippen LogP contribution is -2.49. The number of aryl methyl sites for hydroxylation is 2. The van der Waals surface area contributed by atoms with Crippen molar-refractivity contribution in [2.24, 2.45) is 0 Å². The highest BCUT2D eigenvalue weighted by molar-refractivity contribution is 9.10. The second-order valence-electron chi connectivity index (χ2n) is 6.55. The molecular weight excluding hydrogens is 382 g/mol. The number of pyridine rings is 1. The second-order valence-corrected chi connectivity index (χ2v) is 7.47. The molecule has 0 spiro atoms. The largest absolute Gasteiger partial charge is 0.352 e. The van der Waals surface area contributed by atoms with Crippen molar-refractivity contribution in [2.45, 2.75) is 25.7 Å². The molecule has 0 unspecified atom stereocenters. The van der Waals surface area contributed by atoms with E-state index < -0.39 is 0 Å². The minimum Gasteiger partial charge on any atom is -0.352 e. The van der Waals surface area contributed by atoms with Gasteiger partial charge in [-0.15, -0.1) is 5.10 Å². The first-order valence-electron chi connectivity index (χ1n) is 8.71. The van der Waals surface area contributed by atoms with Crippen LogP contribution in [0.3, 0.4) is 0 Å². The Morgan fingerprint density at radius 1 is 1.00 bits per heavy atom. The zero-order valence-electron chi connectivity index (χ0n) is 14.0. The van der Waals surface area contributed by atoms with Crippen molar-refractivity contribution in [2.75, 3.05) is 31.1 Å². The number of halogens is 1. The van der Waals surface area contributed by atoms with E-state index in [4.69, 9.17) is 0 Å². The third-order valence-electron chi connectivity index (χ3n) is 4.90. The third-order valence-corrected chi connectivity index (χ3v) is 5.33. The number of amides is 1. The van der Waals surface area contributed by atoms with Gasteiger partial charge >= 0.3 is 0 Å². The van der Waals surface area contributed by atoms with Crippen LogP contribution in [0.2, 0.25) is 0 Å². The number of carbonyl (C=O) groups is 1. The van der Waals surface area contributed by atoms with Gasteiger partial charge in [0.1, 0.15) is 0 Å². The summed E-state index contributed by atoms with van der Waals surface area (Å²) in [5.74, 6) is 0.974. The molecule has 2 aromatic heterocycles. The highest BCUT2D eigenvalue weighted by Gasteiger charge is 2.24. The van der Waals surface area contributed by atoms with Crippen molar-refractivity contribution in [3.05, 3.63) is 45.8 Å². The van der Waals surface area contributed by atoms with E-state index in [0.717, 1.165) is 41.9 Å². The molecule has 0 radical (unpaired) electrons. The Bertz CT molecular complexity index is 789. The number of nitrogens with zero attached hydrogens (tertiary/aromatic N) is 5. The van der Waals surface area contributed by atoms with Crippen LogP contribution in [0, 0.1) is 0 Å². The molecule has 7 heteroatoms. The van der Waals surface area contributed by atoms with Crippen LogP contribution in [-0.2, 0) is 12.8 Å². The van der Waals surface area contributed by atoms with Gasteiger partial charge in [0.15, 0.2) is 5.82 Å². The van der Waals surface area contributed by atoms with Crippen LogP contribution >= 0.6 is 15.9 Å². The Kier molecular flexibility index (Phi) is 4.65. The van der Waals surface area contributed by atoms with Crippen LogP contribution < -0.4 is 4.90 Å². The van der Waals surface area contributed by atoms with E-state index in [0.29, 0.717) is 18.7 Å². The number of hydrogen-bond acceptors (Lipinski definition) is 5. The molecule has 1 aliphatic carbocycles. The Labute approximate surface area is 155 Å². The Morgan fingerprint density at radius 3 is 2.60 bits per heavy atom. The van der Waals surface area contributed by atoms with Crippen molar-refractivity contribution in [3.8, 4) is 0 Å². The Morgan fingerprint density at radius 2 is 1.80 bits per heavy atom. The van der Waals surface area contributed by atoms with E-state index in [9.17, 15) is 4.79 Å². The van der Waals surface area contributed by atoms with E-state index in [2.05, 4.69) is 42.1 Å². The number of hydrogen-bond donors (Lipinski definition) is 0. The smallest absolute Gasteiger partial charge is 0.255 e.